The second-order valence-corrected chi connectivity index (χ2v) is 8.52. The van der Waals surface area contributed by atoms with Crippen LogP contribution in [-0.4, -0.2) is 35.6 Å². The molecule has 1 aliphatic carbocycles. The summed E-state index contributed by atoms with van der Waals surface area (Å²) in [6.07, 6.45) is 9.10. The first kappa shape index (κ1) is 20.0. The maximum atomic E-state index is 10.9. The van der Waals surface area contributed by atoms with Crippen LogP contribution in [0.1, 0.15) is 59.2 Å². The zero-order valence-electron chi connectivity index (χ0n) is 17.1. The van der Waals surface area contributed by atoms with Crippen molar-refractivity contribution < 1.29 is 14.6 Å². The van der Waals surface area contributed by atoms with Crippen molar-refractivity contribution in [1.82, 2.24) is 4.90 Å². The molecule has 2 aromatic rings. The summed E-state index contributed by atoms with van der Waals surface area (Å²) in [6, 6.07) is 13.4. The minimum atomic E-state index is -0.901. The summed E-state index contributed by atoms with van der Waals surface area (Å²) in [6.45, 7) is 4.31. The van der Waals surface area contributed by atoms with Crippen molar-refractivity contribution in [3.05, 3.63) is 64.7 Å². The Balaban J connectivity index is 1.28. The average molecular weight is 394 g/mol. The maximum absolute atomic E-state index is 10.9. The van der Waals surface area contributed by atoms with E-state index < -0.39 is 5.97 Å². The van der Waals surface area contributed by atoms with E-state index in [1.54, 1.807) is 12.1 Å². The van der Waals surface area contributed by atoms with Gasteiger partial charge in [0, 0.05) is 0 Å². The lowest BCUT2D eigenvalue weighted by Gasteiger charge is -2.30. The molecule has 1 unspecified atom stereocenters. The van der Waals surface area contributed by atoms with Crippen LogP contribution in [0.3, 0.4) is 0 Å². The number of carboxylic acids is 1. The molecule has 1 heterocycles. The molecule has 4 nitrogen and oxygen atoms in total. The zero-order chi connectivity index (χ0) is 20.1. The summed E-state index contributed by atoms with van der Waals surface area (Å²) in [4.78, 5) is 13.6. The van der Waals surface area contributed by atoms with Gasteiger partial charge < -0.3 is 14.7 Å². The summed E-state index contributed by atoms with van der Waals surface area (Å²) in [5.74, 6) is 0.808. The number of rotatable bonds is 7. The van der Waals surface area contributed by atoms with Crippen LogP contribution in [0.2, 0.25) is 0 Å². The van der Waals surface area contributed by atoms with E-state index in [0.29, 0.717) is 12.2 Å². The number of aromatic carboxylic acids is 1. The summed E-state index contributed by atoms with van der Waals surface area (Å²) >= 11 is 0. The second kappa shape index (κ2) is 9.45. The standard InChI is InChI=1S/C25H31NO3/c27-25(28)21-7-5-20(6-8-21)18-29-24-11-10-22-16-19(4-9-23(22)17-24)12-15-26-13-2-1-3-14-26/h5-8,10-11,17,19H,1-4,9,12-16,18H2,(H,27,28). The largest absolute Gasteiger partial charge is 0.489 e. The lowest BCUT2D eigenvalue weighted by molar-refractivity contribution is 0.0697. The van der Waals surface area contributed by atoms with Crippen molar-refractivity contribution in [3.63, 3.8) is 0 Å². The Labute approximate surface area is 173 Å². The van der Waals surface area contributed by atoms with Crippen LogP contribution in [0.15, 0.2) is 42.5 Å². The molecule has 154 valence electrons. The normalized spacial score (nSPS) is 19.5. The van der Waals surface area contributed by atoms with Gasteiger partial charge in [0.1, 0.15) is 12.4 Å². The van der Waals surface area contributed by atoms with Crippen LogP contribution >= 0.6 is 0 Å². The number of piperidine rings is 1. The number of hydrogen-bond acceptors (Lipinski definition) is 3. The minimum Gasteiger partial charge on any atom is -0.489 e. The smallest absolute Gasteiger partial charge is 0.335 e. The van der Waals surface area contributed by atoms with Crippen molar-refractivity contribution in [2.24, 2.45) is 5.92 Å². The van der Waals surface area contributed by atoms with E-state index in [-0.39, 0.29) is 0 Å². The van der Waals surface area contributed by atoms with E-state index >= 15 is 0 Å². The Morgan fingerprint density at radius 3 is 2.59 bits per heavy atom. The third-order valence-electron chi connectivity index (χ3n) is 6.42. The second-order valence-electron chi connectivity index (χ2n) is 8.52. The third-order valence-corrected chi connectivity index (χ3v) is 6.42. The molecule has 1 N–H and O–H groups in total. The van der Waals surface area contributed by atoms with E-state index in [1.165, 1.54) is 69.3 Å². The molecular weight excluding hydrogens is 362 g/mol. The molecule has 2 aromatic carbocycles. The van der Waals surface area contributed by atoms with Gasteiger partial charge in [-0.2, -0.15) is 0 Å². The van der Waals surface area contributed by atoms with Crippen LogP contribution < -0.4 is 4.74 Å². The van der Waals surface area contributed by atoms with Crippen molar-refractivity contribution >= 4 is 5.97 Å². The van der Waals surface area contributed by atoms with Gasteiger partial charge in [-0.25, -0.2) is 4.79 Å². The Hall–Kier alpha value is -2.33. The molecular formula is C25H31NO3. The van der Waals surface area contributed by atoms with Gasteiger partial charge in [-0.1, -0.05) is 24.6 Å². The molecule has 29 heavy (non-hydrogen) atoms. The van der Waals surface area contributed by atoms with E-state index in [0.717, 1.165) is 23.7 Å². The highest BCUT2D eigenvalue weighted by Gasteiger charge is 2.20. The molecule has 1 fully saturated rings. The molecule has 0 bridgehead atoms. The quantitative estimate of drug-likeness (QED) is 0.723. The zero-order valence-corrected chi connectivity index (χ0v) is 17.1. The topological polar surface area (TPSA) is 49.8 Å². The lowest BCUT2D eigenvalue weighted by Crippen LogP contribution is -2.32. The maximum Gasteiger partial charge on any atom is 0.335 e. The first-order valence-corrected chi connectivity index (χ1v) is 11.0. The minimum absolute atomic E-state index is 0.303. The van der Waals surface area contributed by atoms with E-state index in [4.69, 9.17) is 9.84 Å². The number of benzene rings is 2. The van der Waals surface area contributed by atoms with Crippen molar-refractivity contribution in [2.75, 3.05) is 19.6 Å². The summed E-state index contributed by atoms with van der Waals surface area (Å²) in [5, 5.41) is 8.98. The SMILES string of the molecule is O=C(O)c1ccc(COc2ccc3c(c2)CCC(CCN2CCCCC2)C3)cc1. The molecule has 1 aliphatic heterocycles. The highest BCUT2D eigenvalue weighted by Crippen LogP contribution is 2.31. The summed E-state index contributed by atoms with van der Waals surface area (Å²) in [7, 11) is 0. The lowest BCUT2D eigenvalue weighted by atomic mass is 9.82. The van der Waals surface area contributed by atoms with Gasteiger partial charge in [0.15, 0.2) is 0 Å². The van der Waals surface area contributed by atoms with Crippen LogP contribution in [0.25, 0.3) is 0 Å². The molecule has 0 amide bonds. The van der Waals surface area contributed by atoms with Crippen LogP contribution in [0.4, 0.5) is 0 Å². The van der Waals surface area contributed by atoms with E-state index in [9.17, 15) is 4.79 Å². The van der Waals surface area contributed by atoms with Gasteiger partial charge in [0.05, 0.1) is 5.56 Å². The first-order chi connectivity index (χ1) is 14.2. The van der Waals surface area contributed by atoms with Gasteiger partial charge in [-0.15, -0.1) is 0 Å². The summed E-state index contributed by atoms with van der Waals surface area (Å²) in [5.41, 5.74) is 4.19. The fourth-order valence-electron chi connectivity index (χ4n) is 4.60. The third kappa shape index (κ3) is 5.39. The van der Waals surface area contributed by atoms with E-state index in [1.807, 2.05) is 12.1 Å². The van der Waals surface area contributed by atoms with Crippen LogP contribution in [-0.2, 0) is 19.4 Å². The van der Waals surface area contributed by atoms with Gasteiger partial charge in [-0.05, 0) is 105 Å². The molecule has 2 aliphatic rings. The van der Waals surface area contributed by atoms with Gasteiger partial charge >= 0.3 is 5.97 Å². The molecule has 1 atom stereocenters. The number of nitrogens with zero attached hydrogens (tertiary/aromatic N) is 1. The number of carbonyl (C=O) groups is 1. The number of likely N-dealkylation sites (tertiary alicyclic amines) is 1. The number of ether oxygens (including phenoxy) is 1. The predicted octanol–water partition coefficient (Wildman–Crippen LogP) is 4.94. The monoisotopic (exact) mass is 393 g/mol. The van der Waals surface area contributed by atoms with Crippen molar-refractivity contribution in [2.45, 2.75) is 51.6 Å². The molecule has 0 spiro atoms. The van der Waals surface area contributed by atoms with Gasteiger partial charge in [-0.3, -0.25) is 0 Å². The number of hydrogen-bond donors (Lipinski definition) is 1. The number of aryl methyl sites for hydroxylation is 1. The molecule has 4 heteroatoms. The van der Waals surface area contributed by atoms with Crippen molar-refractivity contribution in [3.8, 4) is 5.75 Å². The predicted molar refractivity (Wildman–Crippen MR) is 115 cm³/mol. The Kier molecular flexibility index (Phi) is 6.50. The molecule has 1 saturated heterocycles. The summed E-state index contributed by atoms with van der Waals surface area (Å²) < 4.78 is 5.96. The molecule has 0 saturated carbocycles. The number of carboxylic acid groups (broad SMARTS) is 1. The van der Waals surface area contributed by atoms with Crippen LogP contribution in [0, 0.1) is 5.92 Å². The Bertz CT molecular complexity index is 824. The van der Waals surface area contributed by atoms with Crippen molar-refractivity contribution in [1.29, 1.82) is 0 Å². The average Bonchev–Trinajstić information content (AvgIpc) is 2.77. The molecule has 0 aromatic heterocycles. The highest BCUT2D eigenvalue weighted by molar-refractivity contribution is 5.87. The van der Waals surface area contributed by atoms with Gasteiger partial charge in [0.25, 0.3) is 0 Å². The Morgan fingerprint density at radius 2 is 1.83 bits per heavy atom. The highest BCUT2D eigenvalue weighted by atomic mass is 16.5. The van der Waals surface area contributed by atoms with Gasteiger partial charge in [0.2, 0.25) is 0 Å². The fourth-order valence-corrected chi connectivity index (χ4v) is 4.60. The molecule has 4 rings (SSSR count). The van der Waals surface area contributed by atoms with Crippen LogP contribution in [0.5, 0.6) is 5.75 Å². The van der Waals surface area contributed by atoms with E-state index in [2.05, 4.69) is 23.1 Å². The fraction of sp³-hybridized carbons (Fsp3) is 0.480. The molecule has 0 radical (unpaired) electrons. The Morgan fingerprint density at radius 1 is 1.03 bits per heavy atom. The number of fused-ring (bicyclic) bond motifs is 1. The first-order valence-electron chi connectivity index (χ1n) is 11.0.